The molecule has 0 saturated heterocycles. The topological polar surface area (TPSA) is 20.3 Å². The van der Waals surface area contributed by atoms with Gasteiger partial charge >= 0.3 is 0 Å². The lowest BCUT2D eigenvalue weighted by atomic mass is 10.1. The summed E-state index contributed by atoms with van der Waals surface area (Å²) >= 11 is 0. The summed E-state index contributed by atoms with van der Waals surface area (Å²) in [6.45, 7) is 0.361. The van der Waals surface area contributed by atoms with Crippen molar-refractivity contribution in [2.24, 2.45) is 0 Å². The highest BCUT2D eigenvalue weighted by molar-refractivity contribution is 5.76. The van der Waals surface area contributed by atoms with Gasteiger partial charge in [0, 0.05) is 20.0 Å². The molecule has 110 valence electrons. The predicted octanol–water partition coefficient (Wildman–Crippen LogP) is 3.56. The van der Waals surface area contributed by atoms with Crippen molar-refractivity contribution >= 4 is 5.91 Å². The van der Waals surface area contributed by atoms with Crippen LogP contribution in [-0.2, 0) is 17.8 Å². The van der Waals surface area contributed by atoms with Gasteiger partial charge in [-0.2, -0.15) is 0 Å². The Morgan fingerprint density at radius 1 is 1.00 bits per heavy atom. The zero-order chi connectivity index (χ0) is 15.2. The molecule has 0 saturated carbocycles. The highest BCUT2D eigenvalue weighted by Crippen LogP contribution is 2.10. The number of carbonyl (C=O) groups excluding carboxylic acids is 1. The van der Waals surface area contributed by atoms with Gasteiger partial charge in [0.2, 0.25) is 5.91 Å². The summed E-state index contributed by atoms with van der Waals surface area (Å²) in [7, 11) is 1.68. The summed E-state index contributed by atoms with van der Waals surface area (Å²) < 4.78 is 26.1. The van der Waals surface area contributed by atoms with Crippen LogP contribution in [0.4, 0.5) is 8.78 Å². The fraction of sp³-hybridized carbons (Fsp3) is 0.235. The second-order valence-corrected chi connectivity index (χ2v) is 5.01. The normalized spacial score (nSPS) is 10.4. The van der Waals surface area contributed by atoms with Crippen LogP contribution < -0.4 is 0 Å². The lowest BCUT2D eigenvalue weighted by Crippen LogP contribution is -2.26. The molecule has 0 fully saturated rings. The number of aryl methyl sites for hydroxylation is 1. The minimum atomic E-state index is -0.312. The van der Waals surface area contributed by atoms with Crippen LogP contribution in [0.15, 0.2) is 48.5 Å². The first-order valence-corrected chi connectivity index (χ1v) is 6.77. The minimum Gasteiger partial charge on any atom is -0.341 e. The third-order valence-electron chi connectivity index (χ3n) is 3.25. The second kappa shape index (κ2) is 6.97. The van der Waals surface area contributed by atoms with Gasteiger partial charge < -0.3 is 4.90 Å². The van der Waals surface area contributed by atoms with E-state index in [9.17, 15) is 13.6 Å². The lowest BCUT2D eigenvalue weighted by Gasteiger charge is -2.17. The van der Waals surface area contributed by atoms with Gasteiger partial charge in [-0.3, -0.25) is 4.79 Å². The van der Waals surface area contributed by atoms with Crippen molar-refractivity contribution in [1.29, 1.82) is 0 Å². The van der Waals surface area contributed by atoms with Crippen LogP contribution in [0.5, 0.6) is 0 Å². The molecule has 0 bridgehead atoms. The van der Waals surface area contributed by atoms with Gasteiger partial charge in [0.1, 0.15) is 11.6 Å². The highest BCUT2D eigenvalue weighted by Gasteiger charge is 2.10. The summed E-state index contributed by atoms with van der Waals surface area (Å²) in [5.74, 6) is -0.662. The third-order valence-corrected chi connectivity index (χ3v) is 3.25. The van der Waals surface area contributed by atoms with E-state index in [4.69, 9.17) is 0 Å². The van der Waals surface area contributed by atoms with E-state index in [-0.39, 0.29) is 17.5 Å². The number of nitrogens with zero attached hydrogens (tertiary/aromatic N) is 1. The van der Waals surface area contributed by atoms with E-state index in [1.807, 2.05) is 0 Å². The molecule has 0 radical (unpaired) electrons. The van der Waals surface area contributed by atoms with Crippen molar-refractivity contribution in [2.75, 3.05) is 7.05 Å². The molecule has 0 aromatic heterocycles. The zero-order valence-electron chi connectivity index (χ0n) is 11.9. The monoisotopic (exact) mass is 289 g/mol. The van der Waals surface area contributed by atoms with E-state index >= 15 is 0 Å². The summed E-state index contributed by atoms with van der Waals surface area (Å²) in [5.41, 5.74) is 1.54. The molecule has 0 heterocycles. The van der Waals surface area contributed by atoms with E-state index in [1.54, 1.807) is 36.2 Å². The van der Waals surface area contributed by atoms with Crippen LogP contribution in [0, 0.1) is 11.6 Å². The van der Waals surface area contributed by atoms with E-state index in [0.29, 0.717) is 19.4 Å². The van der Waals surface area contributed by atoms with Crippen LogP contribution in [0.1, 0.15) is 17.5 Å². The maximum absolute atomic E-state index is 13.1. The Morgan fingerprint density at radius 2 is 1.57 bits per heavy atom. The summed E-state index contributed by atoms with van der Waals surface area (Å²) in [6.07, 6.45) is 0.791. The Kier molecular flexibility index (Phi) is 5.04. The number of rotatable bonds is 5. The van der Waals surface area contributed by atoms with Crippen molar-refractivity contribution < 1.29 is 13.6 Å². The highest BCUT2D eigenvalue weighted by atomic mass is 19.1. The largest absolute Gasteiger partial charge is 0.341 e. The first-order chi connectivity index (χ1) is 10.0. The van der Waals surface area contributed by atoms with Gasteiger partial charge in [0.05, 0.1) is 0 Å². The Morgan fingerprint density at radius 3 is 2.19 bits per heavy atom. The fourth-order valence-corrected chi connectivity index (χ4v) is 2.13. The van der Waals surface area contributed by atoms with Gasteiger partial charge in [0.25, 0.3) is 0 Å². The molecule has 0 unspecified atom stereocenters. The van der Waals surface area contributed by atoms with Gasteiger partial charge in [-0.25, -0.2) is 8.78 Å². The van der Waals surface area contributed by atoms with Crippen LogP contribution in [0.3, 0.4) is 0 Å². The first kappa shape index (κ1) is 15.2. The Balaban J connectivity index is 1.88. The van der Waals surface area contributed by atoms with Gasteiger partial charge in [-0.1, -0.05) is 24.3 Å². The third kappa shape index (κ3) is 4.67. The number of amides is 1. The molecular formula is C17H17F2NO. The van der Waals surface area contributed by atoms with E-state index in [2.05, 4.69) is 0 Å². The van der Waals surface area contributed by atoms with E-state index in [0.717, 1.165) is 11.1 Å². The molecule has 0 aliphatic rings. The molecule has 2 rings (SSSR count). The standard InChI is InChI=1S/C17H17F2NO/c1-20(12-14-5-3-7-16(19)11-14)17(21)9-8-13-4-2-6-15(18)10-13/h2-7,10-11H,8-9,12H2,1H3. The van der Waals surface area contributed by atoms with Crippen molar-refractivity contribution in [2.45, 2.75) is 19.4 Å². The zero-order valence-corrected chi connectivity index (χ0v) is 11.9. The Labute approximate surface area is 123 Å². The molecule has 4 heteroatoms. The maximum atomic E-state index is 13.1. The molecule has 0 N–H and O–H groups in total. The molecule has 2 aromatic carbocycles. The summed E-state index contributed by atoms with van der Waals surface area (Å²) in [5, 5.41) is 0. The van der Waals surface area contributed by atoms with E-state index in [1.165, 1.54) is 24.3 Å². The molecule has 0 aliphatic carbocycles. The summed E-state index contributed by atoms with van der Waals surface area (Å²) in [6, 6.07) is 12.4. The van der Waals surface area contributed by atoms with Crippen LogP contribution >= 0.6 is 0 Å². The number of benzene rings is 2. The van der Waals surface area contributed by atoms with Gasteiger partial charge in [-0.15, -0.1) is 0 Å². The number of hydrogen-bond acceptors (Lipinski definition) is 1. The van der Waals surface area contributed by atoms with Crippen LogP contribution in [0.25, 0.3) is 0 Å². The van der Waals surface area contributed by atoms with E-state index < -0.39 is 0 Å². The number of hydrogen-bond donors (Lipinski definition) is 0. The molecule has 2 nitrogen and oxygen atoms in total. The first-order valence-electron chi connectivity index (χ1n) is 6.77. The van der Waals surface area contributed by atoms with Crippen LogP contribution in [0.2, 0.25) is 0 Å². The smallest absolute Gasteiger partial charge is 0.222 e. The van der Waals surface area contributed by atoms with Crippen molar-refractivity contribution in [1.82, 2.24) is 4.90 Å². The predicted molar refractivity (Wildman–Crippen MR) is 77.6 cm³/mol. The fourth-order valence-electron chi connectivity index (χ4n) is 2.13. The minimum absolute atomic E-state index is 0.0523. The quantitative estimate of drug-likeness (QED) is 0.824. The van der Waals surface area contributed by atoms with Crippen molar-refractivity contribution in [3.05, 3.63) is 71.3 Å². The number of halogens is 2. The molecule has 0 atom stereocenters. The van der Waals surface area contributed by atoms with Crippen LogP contribution in [-0.4, -0.2) is 17.9 Å². The second-order valence-electron chi connectivity index (χ2n) is 5.01. The maximum Gasteiger partial charge on any atom is 0.222 e. The number of carbonyl (C=O) groups is 1. The lowest BCUT2D eigenvalue weighted by molar-refractivity contribution is -0.130. The Bertz CT molecular complexity index is 628. The molecular weight excluding hydrogens is 272 g/mol. The Hall–Kier alpha value is -2.23. The average molecular weight is 289 g/mol. The van der Waals surface area contributed by atoms with Crippen molar-refractivity contribution in [3.63, 3.8) is 0 Å². The molecule has 1 amide bonds. The molecule has 0 spiro atoms. The molecule has 21 heavy (non-hydrogen) atoms. The van der Waals surface area contributed by atoms with Gasteiger partial charge in [0.15, 0.2) is 0 Å². The SMILES string of the molecule is CN(Cc1cccc(F)c1)C(=O)CCc1cccc(F)c1. The summed E-state index contributed by atoms with van der Waals surface area (Å²) in [4.78, 5) is 13.6. The molecule has 2 aromatic rings. The van der Waals surface area contributed by atoms with Crippen molar-refractivity contribution in [3.8, 4) is 0 Å². The van der Waals surface area contributed by atoms with Gasteiger partial charge in [-0.05, 0) is 41.8 Å². The molecule has 0 aliphatic heterocycles. The average Bonchev–Trinajstić information content (AvgIpc) is 2.45.